The zero-order valence-electron chi connectivity index (χ0n) is 14.4. The highest BCUT2D eigenvalue weighted by molar-refractivity contribution is 7.14. The van der Waals surface area contributed by atoms with Crippen molar-refractivity contribution in [1.29, 1.82) is 0 Å². The molecule has 0 saturated carbocycles. The minimum Gasteiger partial charge on any atom is -0.492 e. The number of rotatable bonds is 8. The number of amides is 1. The molecule has 0 saturated heterocycles. The van der Waals surface area contributed by atoms with Crippen LogP contribution in [0.3, 0.4) is 0 Å². The van der Waals surface area contributed by atoms with Gasteiger partial charge in [0.2, 0.25) is 5.91 Å². The summed E-state index contributed by atoms with van der Waals surface area (Å²) in [6.45, 7) is 4.91. The van der Waals surface area contributed by atoms with Gasteiger partial charge in [-0.25, -0.2) is 0 Å². The number of ether oxygens (including phenoxy) is 1. The van der Waals surface area contributed by atoms with Gasteiger partial charge in [0.25, 0.3) is 0 Å². The summed E-state index contributed by atoms with van der Waals surface area (Å²) in [5.41, 5.74) is 1.14. The van der Waals surface area contributed by atoms with E-state index >= 15 is 0 Å². The van der Waals surface area contributed by atoms with Gasteiger partial charge in [-0.1, -0.05) is 12.1 Å². The third kappa shape index (κ3) is 5.49. The summed E-state index contributed by atoms with van der Waals surface area (Å²) in [6, 6.07) is 11.6. The van der Waals surface area contributed by atoms with Crippen LogP contribution in [0.5, 0.6) is 5.75 Å². The summed E-state index contributed by atoms with van der Waals surface area (Å²) in [5.74, 6) is 0.800. The molecule has 0 N–H and O–H groups in total. The number of likely N-dealkylation sites (N-methyl/N-ethyl adjacent to an activating group) is 1. The Morgan fingerprint density at radius 3 is 2.58 bits per heavy atom. The molecule has 0 atom stereocenters. The first-order valence-electron chi connectivity index (χ1n) is 7.99. The second-order valence-electron chi connectivity index (χ2n) is 5.81. The van der Waals surface area contributed by atoms with E-state index in [0.717, 1.165) is 21.1 Å². The van der Waals surface area contributed by atoms with Gasteiger partial charge in [-0.2, -0.15) is 0 Å². The van der Waals surface area contributed by atoms with Gasteiger partial charge in [-0.15, -0.1) is 11.3 Å². The van der Waals surface area contributed by atoms with Gasteiger partial charge in [0, 0.05) is 24.8 Å². The second kappa shape index (κ2) is 8.64. The number of nitrogens with zero attached hydrogens (tertiary/aromatic N) is 1. The molecular formula is C19H23NO3S. The minimum atomic E-state index is -0.0375. The highest BCUT2D eigenvalue weighted by Gasteiger charge is 2.14. The first-order valence-corrected chi connectivity index (χ1v) is 8.80. The van der Waals surface area contributed by atoms with E-state index in [2.05, 4.69) is 0 Å². The Labute approximate surface area is 147 Å². The molecule has 0 bridgehead atoms. The van der Waals surface area contributed by atoms with Crippen LogP contribution in [0.25, 0.3) is 0 Å². The van der Waals surface area contributed by atoms with Gasteiger partial charge in [0.1, 0.15) is 12.4 Å². The normalized spacial score (nSPS) is 10.5. The maximum Gasteiger partial charge on any atom is 0.222 e. The van der Waals surface area contributed by atoms with Crippen LogP contribution in [-0.4, -0.2) is 36.8 Å². The second-order valence-corrected chi connectivity index (χ2v) is 7.10. The smallest absolute Gasteiger partial charge is 0.222 e. The molecule has 2 aromatic rings. The van der Waals surface area contributed by atoms with Crippen LogP contribution in [0.2, 0.25) is 0 Å². The van der Waals surface area contributed by atoms with E-state index < -0.39 is 0 Å². The van der Waals surface area contributed by atoms with Crippen molar-refractivity contribution in [3.8, 4) is 5.75 Å². The number of thiophene rings is 1. The van der Waals surface area contributed by atoms with Gasteiger partial charge in [-0.05, 0) is 43.7 Å². The minimum absolute atomic E-state index is 0.0332. The van der Waals surface area contributed by atoms with Crippen molar-refractivity contribution in [3.63, 3.8) is 0 Å². The van der Waals surface area contributed by atoms with E-state index in [-0.39, 0.29) is 24.5 Å². The van der Waals surface area contributed by atoms with Crippen LogP contribution in [-0.2, 0) is 4.79 Å². The molecule has 4 nitrogen and oxygen atoms in total. The predicted octanol–water partition coefficient (Wildman–Crippen LogP) is 3.87. The van der Waals surface area contributed by atoms with Gasteiger partial charge in [0.05, 0.1) is 11.4 Å². The van der Waals surface area contributed by atoms with Crippen LogP contribution in [0.1, 0.15) is 33.0 Å². The highest BCUT2D eigenvalue weighted by atomic mass is 32.1. The Morgan fingerprint density at radius 1 is 1.12 bits per heavy atom. The monoisotopic (exact) mass is 345 g/mol. The molecule has 0 spiro atoms. The molecule has 0 radical (unpaired) electrons. The Hall–Kier alpha value is -2.14. The zero-order valence-corrected chi connectivity index (χ0v) is 15.2. The molecule has 2 rings (SSSR count). The van der Waals surface area contributed by atoms with Crippen LogP contribution >= 0.6 is 11.3 Å². The maximum absolute atomic E-state index is 12.1. The van der Waals surface area contributed by atoms with Crippen LogP contribution in [0.4, 0.5) is 0 Å². The first kappa shape index (κ1) is 18.2. The van der Waals surface area contributed by atoms with Gasteiger partial charge >= 0.3 is 0 Å². The van der Waals surface area contributed by atoms with E-state index in [1.807, 2.05) is 50.2 Å². The number of carbonyl (C=O) groups is 2. The quantitative estimate of drug-likeness (QED) is 0.683. The fourth-order valence-corrected chi connectivity index (χ4v) is 3.08. The van der Waals surface area contributed by atoms with Gasteiger partial charge < -0.3 is 9.64 Å². The van der Waals surface area contributed by atoms with Crippen LogP contribution in [0.15, 0.2) is 36.4 Å². The molecule has 0 aliphatic carbocycles. The molecule has 0 aliphatic heterocycles. The molecule has 0 unspecified atom stereocenters. The van der Waals surface area contributed by atoms with Crippen molar-refractivity contribution in [2.45, 2.75) is 26.7 Å². The van der Waals surface area contributed by atoms with Crippen LogP contribution < -0.4 is 4.74 Å². The summed E-state index contributed by atoms with van der Waals surface area (Å²) in [7, 11) is 1.74. The number of ketones is 1. The number of hydrogen-bond donors (Lipinski definition) is 0. The molecule has 0 fully saturated rings. The lowest BCUT2D eigenvalue weighted by Crippen LogP contribution is -2.31. The summed E-state index contributed by atoms with van der Waals surface area (Å²) in [6.07, 6.45) is 0.485. The topological polar surface area (TPSA) is 46.6 Å². The molecule has 24 heavy (non-hydrogen) atoms. The lowest BCUT2D eigenvalue weighted by Gasteiger charge is -2.17. The fourth-order valence-electron chi connectivity index (χ4n) is 2.25. The molecule has 128 valence electrons. The molecular weight excluding hydrogens is 322 g/mol. The van der Waals surface area contributed by atoms with Crippen molar-refractivity contribution >= 4 is 23.0 Å². The molecule has 1 aromatic heterocycles. The lowest BCUT2D eigenvalue weighted by atomic mass is 10.2. The lowest BCUT2D eigenvalue weighted by molar-refractivity contribution is -0.130. The molecule has 1 heterocycles. The van der Waals surface area contributed by atoms with Gasteiger partial charge in [-0.3, -0.25) is 9.59 Å². The van der Waals surface area contributed by atoms with Crippen molar-refractivity contribution in [1.82, 2.24) is 4.90 Å². The SMILES string of the molecule is Cc1cccc(OCCN(C)C(=O)CCC(=O)c2ccc(C)s2)c1. The standard InChI is InChI=1S/C19H23NO3S/c1-14-5-4-6-16(13-14)23-12-11-20(3)19(22)10-8-17(21)18-9-7-15(2)24-18/h4-7,9,13H,8,10-12H2,1-3H3. The average Bonchev–Trinajstić information content (AvgIpc) is 2.99. The number of benzene rings is 1. The Kier molecular flexibility index (Phi) is 6.55. The summed E-state index contributed by atoms with van der Waals surface area (Å²) >= 11 is 1.47. The van der Waals surface area contributed by atoms with Crippen molar-refractivity contribution in [2.75, 3.05) is 20.2 Å². The predicted molar refractivity (Wildman–Crippen MR) is 96.9 cm³/mol. The summed E-state index contributed by atoms with van der Waals surface area (Å²) in [4.78, 5) is 27.6. The maximum atomic E-state index is 12.1. The van der Waals surface area contributed by atoms with E-state index in [4.69, 9.17) is 4.74 Å². The largest absolute Gasteiger partial charge is 0.492 e. The van der Waals surface area contributed by atoms with E-state index in [1.165, 1.54) is 11.3 Å². The summed E-state index contributed by atoms with van der Waals surface area (Å²) in [5, 5.41) is 0. The number of Topliss-reactive ketones (excluding diaryl/α,β-unsaturated/α-hetero) is 1. The Balaban J connectivity index is 1.71. The summed E-state index contributed by atoms with van der Waals surface area (Å²) < 4.78 is 5.65. The number of carbonyl (C=O) groups excluding carboxylic acids is 2. The third-order valence-corrected chi connectivity index (χ3v) is 4.73. The molecule has 1 aromatic carbocycles. The van der Waals surface area contributed by atoms with E-state index in [1.54, 1.807) is 11.9 Å². The van der Waals surface area contributed by atoms with Gasteiger partial charge in [0.15, 0.2) is 5.78 Å². The van der Waals surface area contributed by atoms with E-state index in [9.17, 15) is 9.59 Å². The first-order chi connectivity index (χ1) is 11.5. The van der Waals surface area contributed by atoms with Crippen molar-refractivity contribution in [3.05, 3.63) is 51.7 Å². The molecule has 5 heteroatoms. The van der Waals surface area contributed by atoms with E-state index in [0.29, 0.717) is 13.2 Å². The average molecular weight is 345 g/mol. The molecule has 0 aliphatic rings. The Bertz CT molecular complexity index is 708. The van der Waals surface area contributed by atoms with Crippen LogP contribution in [0, 0.1) is 13.8 Å². The Morgan fingerprint density at radius 2 is 1.92 bits per heavy atom. The van der Waals surface area contributed by atoms with Crippen molar-refractivity contribution < 1.29 is 14.3 Å². The third-order valence-electron chi connectivity index (χ3n) is 3.69. The molecule has 1 amide bonds. The number of hydrogen-bond acceptors (Lipinski definition) is 4. The number of aryl methyl sites for hydroxylation is 2. The highest BCUT2D eigenvalue weighted by Crippen LogP contribution is 2.17. The zero-order chi connectivity index (χ0) is 17.5. The fraction of sp³-hybridized carbons (Fsp3) is 0.368. The van der Waals surface area contributed by atoms with Crippen molar-refractivity contribution in [2.24, 2.45) is 0 Å².